The van der Waals surface area contributed by atoms with Crippen molar-refractivity contribution >= 4 is 45.0 Å². The van der Waals surface area contributed by atoms with Gasteiger partial charge in [-0.05, 0) is 55.6 Å². The highest BCUT2D eigenvalue weighted by molar-refractivity contribution is 7.16. The van der Waals surface area contributed by atoms with Gasteiger partial charge in [0.2, 0.25) is 0 Å². The molecule has 9 heteroatoms. The second kappa shape index (κ2) is 6.85. The molecule has 0 fully saturated rings. The lowest BCUT2D eigenvalue weighted by molar-refractivity contribution is -0.141. The number of aromatic nitrogens is 3. The quantitative estimate of drug-likeness (QED) is 0.655. The summed E-state index contributed by atoms with van der Waals surface area (Å²) >= 11 is 2.37. The van der Waals surface area contributed by atoms with Crippen LogP contribution in [0.2, 0.25) is 0 Å². The highest BCUT2D eigenvalue weighted by Crippen LogP contribution is 2.22. The van der Waals surface area contributed by atoms with Gasteiger partial charge < -0.3 is 9.30 Å². The summed E-state index contributed by atoms with van der Waals surface area (Å²) in [6.07, 6.45) is 0. The van der Waals surface area contributed by atoms with Gasteiger partial charge in [-0.2, -0.15) is 4.99 Å². The molecule has 0 aliphatic heterocycles. The van der Waals surface area contributed by atoms with E-state index in [-0.39, 0.29) is 6.54 Å². The number of nitrogens with zero attached hydrogens (tertiary/aromatic N) is 4. The number of aryl methyl sites for hydroxylation is 3. The van der Waals surface area contributed by atoms with Crippen molar-refractivity contribution in [2.75, 3.05) is 7.11 Å². The van der Waals surface area contributed by atoms with Crippen LogP contribution in [0, 0.1) is 20.8 Å². The summed E-state index contributed by atoms with van der Waals surface area (Å²) in [5, 5.41) is 3.84. The smallest absolute Gasteiger partial charge is 0.325 e. The van der Waals surface area contributed by atoms with E-state index in [4.69, 9.17) is 4.74 Å². The van der Waals surface area contributed by atoms with Gasteiger partial charge in [0.15, 0.2) is 4.80 Å². The molecule has 1 amide bonds. The maximum Gasteiger partial charge on any atom is 0.325 e. The van der Waals surface area contributed by atoms with E-state index in [9.17, 15) is 9.59 Å². The average Bonchev–Trinajstić information content (AvgIpc) is 3.13. The lowest BCUT2D eigenvalue weighted by Gasteiger charge is -2.05. The Labute approximate surface area is 151 Å². The topological polar surface area (TPSA) is 86.4 Å². The summed E-state index contributed by atoms with van der Waals surface area (Å²) < 4.78 is 11.2. The van der Waals surface area contributed by atoms with Gasteiger partial charge in [0, 0.05) is 0 Å². The summed E-state index contributed by atoms with van der Waals surface area (Å²) in [6.45, 7) is 5.73. The van der Waals surface area contributed by atoms with Crippen LogP contribution in [0.15, 0.2) is 17.1 Å². The summed E-state index contributed by atoms with van der Waals surface area (Å²) in [4.78, 5) is 29.3. The molecule has 2 heterocycles. The highest BCUT2D eigenvalue weighted by atomic mass is 32.1. The molecular formula is C16H16N4O3S2. The van der Waals surface area contributed by atoms with E-state index in [0.29, 0.717) is 15.4 Å². The number of benzene rings is 1. The fraction of sp³-hybridized carbons (Fsp3) is 0.312. The third-order valence-electron chi connectivity index (χ3n) is 3.86. The van der Waals surface area contributed by atoms with Crippen molar-refractivity contribution in [1.82, 2.24) is 14.2 Å². The van der Waals surface area contributed by atoms with Gasteiger partial charge in [-0.1, -0.05) is 15.8 Å². The van der Waals surface area contributed by atoms with E-state index in [1.165, 1.54) is 18.4 Å². The molecule has 130 valence electrons. The third kappa shape index (κ3) is 3.38. The Morgan fingerprint density at radius 3 is 2.60 bits per heavy atom. The van der Waals surface area contributed by atoms with E-state index in [1.807, 2.05) is 26.0 Å². The zero-order chi connectivity index (χ0) is 18.1. The Hall–Kier alpha value is -2.39. The first-order valence-corrected chi connectivity index (χ1v) is 9.05. The molecule has 0 N–H and O–H groups in total. The number of hydrogen-bond acceptors (Lipinski definition) is 7. The number of hydrogen-bond donors (Lipinski definition) is 0. The van der Waals surface area contributed by atoms with Crippen LogP contribution in [-0.4, -0.2) is 33.1 Å². The second-order valence-corrected chi connectivity index (χ2v) is 7.32. The molecule has 25 heavy (non-hydrogen) atoms. The Morgan fingerprint density at radius 1 is 1.24 bits per heavy atom. The van der Waals surface area contributed by atoms with Crippen LogP contribution in [0.1, 0.15) is 26.5 Å². The summed E-state index contributed by atoms with van der Waals surface area (Å²) in [7, 11) is 1.33. The van der Waals surface area contributed by atoms with E-state index in [0.717, 1.165) is 32.9 Å². The van der Waals surface area contributed by atoms with Crippen molar-refractivity contribution in [3.63, 3.8) is 0 Å². The number of methoxy groups -OCH3 is 1. The third-order valence-corrected chi connectivity index (χ3v) is 5.71. The first-order valence-electron chi connectivity index (χ1n) is 7.46. The minimum absolute atomic E-state index is 0.00889. The van der Waals surface area contributed by atoms with Crippen LogP contribution in [0.3, 0.4) is 0 Å². The zero-order valence-corrected chi connectivity index (χ0v) is 15.8. The Balaban J connectivity index is 2.20. The molecule has 0 aliphatic rings. The fourth-order valence-electron chi connectivity index (χ4n) is 2.32. The molecule has 2 aromatic heterocycles. The van der Waals surface area contributed by atoms with Crippen LogP contribution >= 0.6 is 22.9 Å². The molecule has 0 bridgehead atoms. The van der Waals surface area contributed by atoms with Crippen LogP contribution in [0.25, 0.3) is 10.2 Å². The van der Waals surface area contributed by atoms with Crippen molar-refractivity contribution in [1.29, 1.82) is 0 Å². The molecular weight excluding hydrogens is 360 g/mol. The number of carbonyl (C=O) groups is 2. The standard InChI is InChI=1S/C16H16N4O3S2/c1-8-5-11-12(6-9(8)2)24-16(20(11)7-13(21)23-4)17-15(22)14-10(3)18-19-25-14/h5-6H,7H2,1-4H3. The Kier molecular flexibility index (Phi) is 4.78. The second-order valence-electron chi connectivity index (χ2n) is 5.56. The number of thiazole rings is 1. The van der Waals surface area contributed by atoms with E-state index < -0.39 is 11.9 Å². The van der Waals surface area contributed by atoms with Crippen LogP contribution in [0.5, 0.6) is 0 Å². The first-order chi connectivity index (χ1) is 11.9. The minimum Gasteiger partial charge on any atom is -0.468 e. The maximum atomic E-state index is 12.5. The van der Waals surface area contributed by atoms with Gasteiger partial charge in [0.05, 0.1) is 23.0 Å². The van der Waals surface area contributed by atoms with Crippen LogP contribution in [0.4, 0.5) is 0 Å². The number of amides is 1. The van der Waals surface area contributed by atoms with Gasteiger partial charge >= 0.3 is 5.97 Å². The fourth-order valence-corrected chi connectivity index (χ4v) is 3.97. The van der Waals surface area contributed by atoms with Gasteiger partial charge in [-0.3, -0.25) is 9.59 Å². The van der Waals surface area contributed by atoms with Crippen molar-refractivity contribution < 1.29 is 14.3 Å². The van der Waals surface area contributed by atoms with Crippen molar-refractivity contribution in [2.24, 2.45) is 4.99 Å². The first kappa shape index (κ1) is 17.4. The molecule has 7 nitrogen and oxygen atoms in total. The molecule has 0 radical (unpaired) electrons. The van der Waals surface area contributed by atoms with E-state index in [1.54, 1.807) is 11.5 Å². The highest BCUT2D eigenvalue weighted by Gasteiger charge is 2.16. The summed E-state index contributed by atoms with van der Waals surface area (Å²) in [5.74, 6) is -0.811. The Bertz CT molecular complexity index is 1050. The molecule has 0 saturated carbocycles. The van der Waals surface area contributed by atoms with Crippen molar-refractivity contribution in [3.8, 4) is 0 Å². The zero-order valence-electron chi connectivity index (χ0n) is 14.2. The molecule has 3 aromatic rings. The monoisotopic (exact) mass is 376 g/mol. The largest absolute Gasteiger partial charge is 0.468 e. The van der Waals surface area contributed by atoms with Crippen molar-refractivity contribution in [2.45, 2.75) is 27.3 Å². The van der Waals surface area contributed by atoms with E-state index in [2.05, 4.69) is 14.6 Å². The number of carbonyl (C=O) groups excluding carboxylic acids is 2. The Morgan fingerprint density at radius 2 is 1.96 bits per heavy atom. The van der Waals surface area contributed by atoms with Gasteiger partial charge in [-0.25, -0.2) is 0 Å². The van der Waals surface area contributed by atoms with Crippen LogP contribution in [-0.2, 0) is 16.1 Å². The molecule has 1 aromatic carbocycles. The summed E-state index contributed by atoms with van der Waals surface area (Å²) in [5.41, 5.74) is 3.64. The lowest BCUT2D eigenvalue weighted by atomic mass is 10.1. The minimum atomic E-state index is -0.411. The molecule has 0 saturated heterocycles. The van der Waals surface area contributed by atoms with E-state index >= 15 is 0 Å². The predicted octanol–water partition coefficient (Wildman–Crippen LogP) is 2.39. The van der Waals surface area contributed by atoms with Crippen molar-refractivity contribution in [3.05, 3.63) is 38.6 Å². The number of rotatable bonds is 3. The molecule has 0 unspecified atom stereocenters. The predicted molar refractivity (Wildman–Crippen MR) is 95.8 cm³/mol. The average molecular weight is 376 g/mol. The normalized spacial score (nSPS) is 11.9. The van der Waals surface area contributed by atoms with Gasteiger partial charge in [0.1, 0.15) is 11.4 Å². The molecule has 3 rings (SSSR count). The van der Waals surface area contributed by atoms with Gasteiger partial charge in [-0.15, -0.1) is 5.10 Å². The van der Waals surface area contributed by atoms with Gasteiger partial charge in [0.25, 0.3) is 5.91 Å². The maximum absolute atomic E-state index is 12.5. The lowest BCUT2D eigenvalue weighted by Crippen LogP contribution is -2.22. The number of esters is 1. The summed E-state index contributed by atoms with van der Waals surface area (Å²) in [6, 6.07) is 4.03. The van der Waals surface area contributed by atoms with Crippen LogP contribution < -0.4 is 4.80 Å². The number of ether oxygens (including phenoxy) is 1. The molecule has 0 atom stereocenters. The number of fused-ring (bicyclic) bond motifs is 1. The molecule has 0 aliphatic carbocycles. The SMILES string of the molecule is COC(=O)Cn1c(=NC(=O)c2snnc2C)sc2cc(C)c(C)cc21. The molecule has 0 spiro atoms.